The third-order valence-corrected chi connectivity index (χ3v) is 13.0. The Bertz CT molecular complexity index is 1860. The van der Waals surface area contributed by atoms with Crippen LogP contribution in [0.1, 0.15) is 67.5 Å². The predicted molar refractivity (Wildman–Crippen MR) is 182 cm³/mol. The number of fused-ring (bicyclic) bond motifs is 2. The first-order valence-electron chi connectivity index (χ1n) is 16.9. The molecule has 0 saturated heterocycles. The van der Waals surface area contributed by atoms with Crippen molar-refractivity contribution in [3.8, 4) is 10.6 Å². The van der Waals surface area contributed by atoms with Gasteiger partial charge in [0, 0.05) is 30.0 Å². The van der Waals surface area contributed by atoms with Crippen LogP contribution in [-0.2, 0) is 35.3 Å². The van der Waals surface area contributed by atoms with Crippen LogP contribution in [0.15, 0.2) is 30.4 Å². The Labute approximate surface area is 297 Å². The largest absolute Gasteiger partial charge is 0.446 e. The highest BCUT2D eigenvalue weighted by atomic mass is 32.2. The average Bonchev–Trinajstić information content (AvgIpc) is 3.96. The van der Waals surface area contributed by atoms with E-state index in [9.17, 15) is 40.8 Å². The Morgan fingerprint density at radius 1 is 1.12 bits per heavy atom. The SMILES string of the molecule is Cc1nc(-c2ccc(C(F)(F)F)cc2NC(=O)OC2CC3C(=O)NC4(C(=O)NS(=O)(=O)C5CC5)CC4C=CCCCCN(C)C(=O)C3C2)sc1C. The van der Waals surface area contributed by atoms with Crippen LogP contribution in [0.3, 0.4) is 0 Å². The summed E-state index contributed by atoms with van der Waals surface area (Å²) in [7, 11) is -2.29. The highest BCUT2D eigenvalue weighted by Crippen LogP contribution is 2.47. The summed E-state index contributed by atoms with van der Waals surface area (Å²) in [5.74, 6) is -4.29. The van der Waals surface area contributed by atoms with Crippen LogP contribution in [0.2, 0.25) is 0 Å². The number of nitrogens with zero attached hydrogens (tertiary/aromatic N) is 2. The van der Waals surface area contributed by atoms with E-state index in [1.165, 1.54) is 22.3 Å². The Hall–Kier alpha value is -3.99. The molecule has 4 amide bonds. The lowest BCUT2D eigenvalue weighted by molar-refractivity contribution is -0.140. The minimum absolute atomic E-state index is 0.0480. The van der Waals surface area contributed by atoms with E-state index in [4.69, 9.17) is 4.74 Å². The van der Waals surface area contributed by atoms with Crippen molar-refractivity contribution < 1.29 is 45.5 Å². The summed E-state index contributed by atoms with van der Waals surface area (Å²) in [5.41, 5.74) is -1.73. The molecule has 1 aliphatic heterocycles. The number of sulfonamides is 1. The number of hydrogen-bond acceptors (Lipinski definition) is 9. The van der Waals surface area contributed by atoms with Crippen molar-refractivity contribution in [2.24, 2.45) is 17.8 Å². The zero-order chi connectivity index (χ0) is 36.9. The molecule has 3 fully saturated rings. The molecule has 1 aromatic heterocycles. The van der Waals surface area contributed by atoms with Gasteiger partial charge in [0.15, 0.2) is 0 Å². The lowest BCUT2D eigenvalue weighted by atomic mass is 9.93. The average molecular weight is 752 g/mol. The van der Waals surface area contributed by atoms with E-state index in [2.05, 4.69) is 20.3 Å². The molecule has 3 saturated carbocycles. The third-order valence-electron chi connectivity index (χ3n) is 10.1. The van der Waals surface area contributed by atoms with Crippen molar-refractivity contribution in [2.45, 2.75) is 88.3 Å². The molecule has 0 bridgehead atoms. The lowest BCUT2D eigenvalue weighted by Gasteiger charge is -2.26. The lowest BCUT2D eigenvalue weighted by Crippen LogP contribution is -2.54. The Kier molecular flexibility index (Phi) is 10.00. The van der Waals surface area contributed by atoms with E-state index in [0.717, 1.165) is 23.4 Å². The second kappa shape index (κ2) is 13.9. The topological polar surface area (TPSA) is 164 Å². The number of carbonyl (C=O) groups is 4. The van der Waals surface area contributed by atoms with E-state index in [1.54, 1.807) is 14.0 Å². The molecular weight excluding hydrogens is 712 g/mol. The highest BCUT2D eigenvalue weighted by molar-refractivity contribution is 7.91. The molecule has 17 heteroatoms. The molecule has 4 aliphatic rings. The number of aryl methyl sites for hydroxylation is 2. The van der Waals surface area contributed by atoms with Crippen molar-refractivity contribution in [3.63, 3.8) is 0 Å². The Morgan fingerprint density at radius 2 is 1.84 bits per heavy atom. The number of nitrogens with one attached hydrogen (secondary N) is 3. The number of rotatable bonds is 6. The second-order valence-electron chi connectivity index (χ2n) is 13.9. The number of benzene rings is 1. The van der Waals surface area contributed by atoms with Gasteiger partial charge in [-0.25, -0.2) is 18.2 Å². The summed E-state index contributed by atoms with van der Waals surface area (Å²) >= 11 is 1.26. The number of anilines is 1. The van der Waals surface area contributed by atoms with Crippen LogP contribution >= 0.6 is 11.3 Å². The number of alkyl halides is 3. The van der Waals surface area contributed by atoms with Crippen molar-refractivity contribution >= 4 is 50.9 Å². The number of allylic oxidation sites excluding steroid dienone is 1. The molecule has 12 nitrogen and oxygen atoms in total. The zero-order valence-electron chi connectivity index (χ0n) is 28.3. The summed E-state index contributed by atoms with van der Waals surface area (Å²) < 4.78 is 74.1. The summed E-state index contributed by atoms with van der Waals surface area (Å²) in [4.78, 5) is 61.2. The number of amides is 4. The highest BCUT2D eigenvalue weighted by Gasteiger charge is 2.62. The zero-order valence-corrected chi connectivity index (χ0v) is 30.0. The van der Waals surface area contributed by atoms with Crippen LogP contribution in [0.5, 0.6) is 0 Å². The molecule has 2 heterocycles. The summed E-state index contributed by atoms with van der Waals surface area (Å²) in [5, 5.41) is 4.95. The molecule has 51 heavy (non-hydrogen) atoms. The molecule has 3 N–H and O–H groups in total. The summed E-state index contributed by atoms with van der Waals surface area (Å²) in [6, 6.07) is 2.94. The maximum Gasteiger partial charge on any atom is 0.416 e. The number of halogens is 3. The smallest absolute Gasteiger partial charge is 0.416 e. The molecule has 276 valence electrons. The van der Waals surface area contributed by atoms with Gasteiger partial charge in [0.2, 0.25) is 21.8 Å². The molecule has 5 atom stereocenters. The molecule has 0 radical (unpaired) electrons. The predicted octanol–water partition coefficient (Wildman–Crippen LogP) is 5.07. The number of ether oxygens (including phenoxy) is 1. The number of aromatic nitrogens is 1. The third kappa shape index (κ3) is 7.93. The van der Waals surface area contributed by atoms with Gasteiger partial charge in [-0.15, -0.1) is 11.3 Å². The molecule has 6 rings (SSSR count). The number of carbonyl (C=O) groups excluding carboxylic acids is 4. The van der Waals surface area contributed by atoms with E-state index in [0.29, 0.717) is 42.9 Å². The maximum atomic E-state index is 14.0. The van der Waals surface area contributed by atoms with Gasteiger partial charge in [-0.2, -0.15) is 13.2 Å². The van der Waals surface area contributed by atoms with E-state index < -0.39 is 74.3 Å². The Balaban J connectivity index is 1.23. The van der Waals surface area contributed by atoms with E-state index in [1.807, 2.05) is 19.1 Å². The van der Waals surface area contributed by atoms with Gasteiger partial charge in [0.1, 0.15) is 16.7 Å². The van der Waals surface area contributed by atoms with Crippen LogP contribution in [0.4, 0.5) is 23.7 Å². The van der Waals surface area contributed by atoms with Crippen LogP contribution in [-0.4, -0.2) is 72.6 Å². The molecule has 0 spiro atoms. The maximum absolute atomic E-state index is 14.0. The fourth-order valence-electron chi connectivity index (χ4n) is 6.78. The first-order valence-corrected chi connectivity index (χ1v) is 19.3. The normalized spacial score (nSPS) is 27.1. The minimum atomic E-state index is -4.69. The van der Waals surface area contributed by atoms with Crippen molar-refractivity contribution in [1.82, 2.24) is 19.9 Å². The molecule has 3 aliphatic carbocycles. The van der Waals surface area contributed by atoms with Crippen molar-refractivity contribution in [1.29, 1.82) is 0 Å². The van der Waals surface area contributed by atoms with Crippen LogP contribution in [0, 0.1) is 31.6 Å². The van der Waals surface area contributed by atoms with Gasteiger partial charge < -0.3 is 15.0 Å². The van der Waals surface area contributed by atoms with E-state index in [-0.39, 0.29) is 36.4 Å². The first kappa shape index (κ1) is 36.8. The molecule has 1 aromatic carbocycles. The minimum Gasteiger partial charge on any atom is -0.446 e. The van der Waals surface area contributed by atoms with Gasteiger partial charge in [0.25, 0.3) is 5.91 Å². The standard InChI is InChI=1S/C34H40F3N5O7S2/c1-18-19(2)50-29(38-18)24-12-9-20(34(35,36)37)14-27(24)39-32(46)49-22-15-25-26(16-22)30(44)42(3)13-7-5-4-6-8-21-17-33(21,40-28(25)43)31(45)41-51(47,48)23-10-11-23/h6,8-9,12,14,21-23,25-26H,4-5,7,10-11,13,15-17H2,1-3H3,(H,39,46)(H,40,43)(H,41,45). The van der Waals surface area contributed by atoms with Gasteiger partial charge in [0.05, 0.1) is 34.0 Å². The number of hydrogen-bond donors (Lipinski definition) is 3. The Morgan fingerprint density at radius 3 is 2.51 bits per heavy atom. The summed E-state index contributed by atoms with van der Waals surface area (Å²) in [6.07, 6.45) is -0.0575. The monoisotopic (exact) mass is 751 g/mol. The fraction of sp³-hybridized carbons (Fsp3) is 0.559. The van der Waals surface area contributed by atoms with Crippen LogP contribution in [0.25, 0.3) is 10.6 Å². The molecule has 5 unspecified atom stereocenters. The molecule has 2 aromatic rings. The fourth-order valence-corrected chi connectivity index (χ4v) is 9.10. The van der Waals surface area contributed by atoms with E-state index >= 15 is 0 Å². The number of thiazole rings is 1. The van der Waals surface area contributed by atoms with Gasteiger partial charge in [-0.3, -0.25) is 24.4 Å². The first-order chi connectivity index (χ1) is 24.0. The van der Waals surface area contributed by atoms with Gasteiger partial charge >= 0.3 is 12.3 Å². The van der Waals surface area contributed by atoms with Gasteiger partial charge in [-0.05, 0) is 83.4 Å². The second-order valence-corrected chi connectivity index (χ2v) is 17.0. The quantitative estimate of drug-likeness (QED) is 0.345. The van der Waals surface area contributed by atoms with Gasteiger partial charge in [-0.1, -0.05) is 12.2 Å². The molecular formula is C34H40F3N5O7S2. The van der Waals surface area contributed by atoms with Crippen molar-refractivity contribution in [3.05, 3.63) is 46.5 Å². The van der Waals surface area contributed by atoms with Crippen molar-refractivity contribution in [2.75, 3.05) is 18.9 Å². The van der Waals surface area contributed by atoms with Crippen LogP contribution < -0.4 is 15.4 Å². The summed E-state index contributed by atoms with van der Waals surface area (Å²) in [6.45, 7) is 4.01.